The van der Waals surface area contributed by atoms with Crippen molar-refractivity contribution in [2.75, 3.05) is 6.54 Å². The summed E-state index contributed by atoms with van der Waals surface area (Å²) in [5, 5.41) is 3.63. The van der Waals surface area contributed by atoms with Gasteiger partial charge in [0.05, 0.1) is 17.6 Å². The minimum absolute atomic E-state index is 0.0858. The molecule has 0 amide bonds. The molecule has 0 fully saturated rings. The molecule has 0 aliphatic carbocycles. The van der Waals surface area contributed by atoms with Crippen molar-refractivity contribution in [1.82, 2.24) is 15.3 Å². The monoisotopic (exact) mass is 221 g/mol. The van der Waals surface area contributed by atoms with Crippen LogP contribution in [0.4, 0.5) is 0 Å². The second-order valence-electron chi connectivity index (χ2n) is 5.52. The molecule has 16 heavy (non-hydrogen) atoms. The van der Waals surface area contributed by atoms with Crippen molar-refractivity contribution in [3.8, 4) is 0 Å². The number of aromatic amines is 1. The predicted molar refractivity (Wildman–Crippen MR) is 66.3 cm³/mol. The van der Waals surface area contributed by atoms with E-state index in [-0.39, 0.29) is 5.54 Å². The van der Waals surface area contributed by atoms with Crippen molar-refractivity contribution in [2.24, 2.45) is 5.92 Å². The molecule has 1 aliphatic rings. The smallest absolute Gasteiger partial charge is 0.0926 e. The first-order valence-electron chi connectivity index (χ1n) is 6.39. The molecule has 0 radical (unpaired) electrons. The van der Waals surface area contributed by atoms with Crippen LogP contribution in [0.5, 0.6) is 0 Å². The number of H-pyrrole nitrogens is 1. The summed E-state index contributed by atoms with van der Waals surface area (Å²) < 4.78 is 0. The van der Waals surface area contributed by atoms with E-state index in [1.165, 1.54) is 30.7 Å². The average Bonchev–Trinajstić information content (AvgIpc) is 2.66. The van der Waals surface area contributed by atoms with Crippen LogP contribution in [-0.2, 0) is 12.0 Å². The summed E-state index contributed by atoms with van der Waals surface area (Å²) in [5.74, 6) is 0.797. The molecule has 90 valence electrons. The Bertz CT molecular complexity index is 343. The van der Waals surface area contributed by atoms with E-state index in [0.29, 0.717) is 0 Å². The fraction of sp³-hybridized carbons (Fsp3) is 0.769. The Labute approximate surface area is 98.1 Å². The summed E-state index contributed by atoms with van der Waals surface area (Å²) >= 11 is 0. The lowest BCUT2D eigenvalue weighted by Gasteiger charge is -2.34. The highest BCUT2D eigenvalue weighted by Gasteiger charge is 2.33. The molecule has 0 spiro atoms. The first kappa shape index (κ1) is 11.6. The van der Waals surface area contributed by atoms with Gasteiger partial charge in [-0.05, 0) is 19.3 Å². The lowest BCUT2D eigenvalue weighted by molar-refractivity contribution is 0.297. The van der Waals surface area contributed by atoms with Crippen molar-refractivity contribution in [3.05, 3.63) is 17.7 Å². The van der Waals surface area contributed by atoms with Gasteiger partial charge in [-0.1, -0.05) is 26.7 Å². The SMILES string of the molecule is CC(C)CCCC1(C)NCCc2[nH]cnc21. The van der Waals surface area contributed by atoms with E-state index in [2.05, 4.69) is 36.1 Å². The zero-order chi connectivity index (χ0) is 11.6. The zero-order valence-corrected chi connectivity index (χ0v) is 10.6. The third-order valence-corrected chi connectivity index (χ3v) is 3.59. The maximum absolute atomic E-state index is 4.49. The summed E-state index contributed by atoms with van der Waals surface area (Å²) in [5.41, 5.74) is 2.65. The fourth-order valence-corrected chi connectivity index (χ4v) is 2.60. The standard InChI is InChI=1S/C13H23N3/c1-10(2)5-4-7-13(3)12-11(6-8-16-13)14-9-15-12/h9-10,16H,4-8H2,1-3H3,(H,14,15). The molecule has 0 saturated heterocycles. The van der Waals surface area contributed by atoms with Gasteiger partial charge < -0.3 is 10.3 Å². The Balaban J connectivity index is 2.03. The van der Waals surface area contributed by atoms with E-state index in [4.69, 9.17) is 0 Å². The van der Waals surface area contributed by atoms with E-state index in [1.54, 1.807) is 0 Å². The van der Waals surface area contributed by atoms with Crippen LogP contribution in [0.15, 0.2) is 6.33 Å². The van der Waals surface area contributed by atoms with Gasteiger partial charge in [0.2, 0.25) is 0 Å². The van der Waals surface area contributed by atoms with Gasteiger partial charge in [0.25, 0.3) is 0 Å². The summed E-state index contributed by atoms with van der Waals surface area (Å²) in [6.45, 7) is 7.92. The van der Waals surface area contributed by atoms with Crippen LogP contribution in [0.3, 0.4) is 0 Å². The minimum Gasteiger partial charge on any atom is -0.348 e. The molecule has 1 aliphatic heterocycles. The molecule has 2 rings (SSSR count). The van der Waals surface area contributed by atoms with Gasteiger partial charge in [0.15, 0.2) is 0 Å². The molecular formula is C13H23N3. The first-order chi connectivity index (χ1) is 7.62. The minimum atomic E-state index is 0.0858. The number of hydrogen-bond acceptors (Lipinski definition) is 2. The molecule has 3 heteroatoms. The maximum Gasteiger partial charge on any atom is 0.0926 e. The zero-order valence-electron chi connectivity index (χ0n) is 10.6. The Hall–Kier alpha value is -0.830. The highest BCUT2D eigenvalue weighted by atomic mass is 15.1. The summed E-state index contributed by atoms with van der Waals surface area (Å²) in [6.07, 6.45) is 6.67. The topological polar surface area (TPSA) is 40.7 Å². The van der Waals surface area contributed by atoms with Gasteiger partial charge in [-0.3, -0.25) is 0 Å². The normalized spacial score (nSPS) is 24.8. The van der Waals surface area contributed by atoms with Crippen LogP contribution in [0.2, 0.25) is 0 Å². The molecule has 2 N–H and O–H groups in total. The van der Waals surface area contributed by atoms with Crippen molar-refractivity contribution >= 4 is 0 Å². The Morgan fingerprint density at radius 1 is 1.50 bits per heavy atom. The number of rotatable bonds is 4. The van der Waals surface area contributed by atoms with Gasteiger partial charge >= 0.3 is 0 Å². The van der Waals surface area contributed by atoms with E-state index >= 15 is 0 Å². The predicted octanol–water partition coefficient (Wildman–Crippen LogP) is 2.60. The van der Waals surface area contributed by atoms with Gasteiger partial charge in [-0.15, -0.1) is 0 Å². The number of fused-ring (bicyclic) bond motifs is 1. The van der Waals surface area contributed by atoms with Gasteiger partial charge in [0.1, 0.15) is 0 Å². The second kappa shape index (κ2) is 4.58. The summed E-state index contributed by atoms with van der Waals surface area (Å²) in [7, 11) is 0. The molecule has 1 aromatic rings. The summed E-state index contributed by atoms with van der Waals surface area (Å²) in [4.78, 5) is 7.75. The Morgan fingerprint density at radius 2 is 2.31 bits per heavy atom. The Kier molecular flexibility index (Phi) is 3.33. The second-order valence-corrected chi connectivity index (χ2v) is 5.52. The summed E-state index contributed by atoms with van der Waals surface area (Å²) in [6, 6.07) is 0. The maximum atomic E-state index is 4.49. The molecule has 1 atom stereocenters. The highest BCUT2D eigenvalue weighted by molar-refractivity contribution is 5.24. The average molecular weight is 221 g/mol. The largest absolute Gasteiger partial charge is 0.348 e. The van der Waals surface area contributed by atoms with Gasteiger partial charge in [-0.2, -0.15) is 0 Å². The van der Waals surface area contributed by atoms with E-state index in [1.807, 2.05) is 6.33 Å². The first-order valence-corrected chi connectivity index (χ1v) is 6.39. The van der Waals surface area contributed by atoms with Crippen LogP contribution in [0.25, 0.3) is 0 Å². The third-order valence-electron chi connectivity index (χ3n) is 3.59. The van der Waals surface area contributed by atoms with E-state index in [9.17, 15) is 0 Å². The van der Waals surface area contributed by atoms with Crippen molar-refractivity contribution in [1.29, 1.82) is 0 Å². The molecule has 1 aromatic heterocycles. The number of aromatic nitrogens is 2. The van der Waals surface area contributed by atoms with Crippen molar-refractivity contribution in [3.63, 3.8) is 0 Å². The van der Waals surface area contributed by atoms with E-state index < -0.39 is 0 Å². The van der Waals surface area contributed by atoms with Crippen molar-refractivity contribution < 1.29 is 0 Å². The quantitative estimate of drug-likeness (QED) is 0.820. The molecule has 2 heterocycles. The van der Waals surface area contributed by atoms with Gasteiger partial charge in [0, 0.05) is 18.7 Å². The number of nitrogens with one attached hydrogen (secondary N) is 2. The number of hydrogen-bond donors (Lipinski definition) is 2. The lowest BCUT2D eigenvalue weighted by Crippen LogP contribution is -2.45. The lowest BCUT2D eigenvalue weighted by atomic mass is 9.85. The van der Waals surface area contributed by atoms with Crippen LogP contribution in [-0.4, -0.2) is 16.5 Å². The molecule has 0 aromatic carbocycles. The number of imidazole rings is 1. The molecule has 3 nitrogen and oxygen atoms in total. The van der Waals surface area contributed by atoms with E-state index in [0.717, 1.165) is 18.9 Å². The number of nitrogens with zero attached hydrogens (tertiary/aromatic N) is 1. The fourth-order valence-electron chi connectivity index (χ4n) is 2.60. The Morgan fingerprint density at radius 3 is 3.06 bits per heavy atom. The molecule has 0 saturated carbocycles. The van der Waals surface area contributed by atoms with Gasteiger partial charge in [-0.25, -0.2) is 4.98 Å². The molecular weight excluding hydrogens is 198 g/mol. The van der Waals surface area contributed by atoms with Crippen LogP contribution >= 0.6 is 0 Å². The third kappa shape index (κ3) is 2.29. The van der Waals surface area contributed by atoms with Crippen molar-refractivity contribution in [2.45, 2.75) is 52.0 Å². The highest BCUT2D eigenvalue weighted by Crippen LogP contribution is 2.30. The molecule has 0 bridgehead atoms. The van der Waals surface area contributed by atoms with Crippen LogP contribution in [0, 0.1) is 5.92 Å². The molecule has 1 unspecified atom stereocenters. The van der Waals surface area contributed by atoms with Crippen LogP contribution < -0.4 is 5.32 Å². The van der Waals surface area contributed by atoms with Crippen LogP contribution in [0.1, 0.15) is 51.4 Å².